The van der Waals surface area contributed by atoms with Gasteiger partial charge in [0.2, 0.25) is 0 Å². The lowest BCUT2D eigenvalue weighted by atomic mass is 10.1. The lowest BCUT2D eigenvalue weighted by Crippen LogP contribution is -2.13. The van der Waals surface area contributed by atoms with Crippen LogP contribution in [0.2, 0.25) is 0 Å². The third-order valence-corrected chi connectivity index (χ3v) is 3.67. The van der Waals surface area contributed by atoms with Gasteiger partial charge < -0.3 is 9.84 Å². The van der Waals surface area contributed by atoms with Crippen molar-refractivity contribution in [1.29, 1.82) is 0 Å². The minimum absolute atomic E-state index is 0.0387. The monoisotopic (exact) mass is 232 g/mol. The minimum Gasteiger partial charge on any atom is -0.481 e. The second-order valence-corrected chi connectivity index (χ2v) is 4.85. The van der Waals surface area contributed by atoms with Gasteiger partial charge in [0.05, 0.1) is 18.8 Å². The Morgan fingerprint density at radius 2 is 2.13 bits per heavy atom. The first-order valence-electron chi connectivity index (χ1n) is 5.03. The smallest absolute Gasteiger partial charge is 0.315 e. The van der Waals surface area contributed by atoms with Crippen LogP contribution < -0.4 is 0 Å². The Hall–Kier alpha value is -0.710. The van der Waals surface area contributed by atoms with Crippen molar-refractivity contribution in [2.24, 2.45) is 5.41 Å². The van der Waals surface area contributed by atoms with Crippen LogP contribution in [0.25, 0.3) is 0 Å². The van der Waals surface area contributed by atoms with Crippen molar-refractivity contribution >= 4 is 23.7 Å². The van der Waals surface area contributed by atoms with E-state index >= 15 is 0 Å². The second kappa shape index (κ2) is 5.39. The van der Waals surface area contributed by atoms with Gasteiger partial charge in [-0.15, -0.1) is 11.8 Å². The van der Waals surface area contributed by atoms with Crippen molar-refractivity contribution in [3.05, 3.63) is 0 Å². The molecule has 1 rings (SSSR count). The number of hydrogen-bond acceptors (Lipinski definition) is 4. The average Bonchev–Trinajstić information content (AvgIpc) is 2.84. The van der Waals surface area contributed by atoms with Crippen molar-refractivity contribution in [3.8, 4) is 0 Å². The molecule has 86 valence electrons. The number of ether oxygens (including phenoxy) is 1. The van der Waals surface area contributed by atoms with Crippen LogP contribution in [0.4, 0.5) is 0 Å². The van der Waals surface area contributed by atoms with Crippen LogP contribution >= 0.6 is 11.8 Å². The number of carboxylic acids is 1. The molecule has 1 aliphatic rings. The fourth-order valence-corrected chi connectivity index (χ4v) is 2.60. The molecule has 0 aromatic rings. The molecule has 0 saturated heterocycles. The third kappa shape index (κ3) is 4.55. The Bertz CT molecular complexity index is 248. The van der Waals surface area contributed by atoms with E-state index in [9.17, 15) is 9.59 Å². The standard InChI is InChI=1S/C10H16O4S/c1-2-14-9(13)6-15-7-10(3-4-10)5-8(11)12/h2-7H2,1H3,(H,11,12). The molecular weight excluding hydrogens is 216 g/mol. The molecule has 1 N–H and O–H groups in total. The Kier molecular flexibility index (Phi) is 4.45. The zero-order valence-electron chi connectivity index (χ0n) is 8.82. The molecule has 1 fully saturated rings. The van der Waals surface area contributed by atoms with Crippen LogP contribution in [0.15, 0.2) is 0 Å². The highest BCUT2D eigenvalue weighted by Gasteiger charge is 2.44. The van der Waals surface area contributed by atoms with Gasteiger partial charge in [-0.05, 0) is 25.2 Å². The summed E-state index contributed by atoms with van der Waals surface area (Å²) in [5.74, 6) is 0.116. The van der Waals surface area contributed by atoms with E-state index in [0.717, 1.165) is 18.6 Å². The Labute approximate surface area is 93.4 Å². The van der Waals surface area contributed by atoms with Crippen LogP contribution in [0.5, 0.6) is 0 Å². The number of carbonyl (C=O) groups is 2. The SMILES string of the molecule is CCOC(=O)CSCC1(CC(=O)O)CC1. The lowest BCUT2D eigenvalue weighted by molar-refractivity contribution is -0.140. The normalized spacial score (nSPS) is 17.1. The first kappa shape index (κ1) is 12.4. The number of thioether (sulfide) groups is 1. The third-order valence-electron chi connectivity index (χ3n) is 2.42. The summed E-state index contributed by atoms with van der Waals surface area (Å²) < 4.78 is 4.78. The number of rotatable bonds is 7. The van der Waals surface area contributed by atoms with Gasteiger partial charge in [-0.25, -0.2) is 0 Å². The number of carbonyl (C=O) groups excluding carboxylic acids is 1. The van der Waals surface area contributed by atoms with Crippen molar-refractivity contribution in [1.82, 2.24) is 0 Å². The highest BCUT2D eigenvalue weighted by atomic mass is 32.2. The molecular formula is C10H16O4S. The predicted octanol–water partition coefficient (Wildman–Crippen LogP) is 1.54. The predicted molar refractivity (Wildman–Crippen MR) is 57.9 cm³/mol. The molecule has 1 aliphatic carbocycles. The molecule has 5 heteroatoms. The van der Waals surface area contributed by atoms with Crippen LogP contribution in [-0.2, 0) is 14.3 Å². The molecule has 0 unspecified atom stereocenters. The maximum absolute atomic E-state index is 11.0. The van der Waals surface area contributed by atoms with E-state index in [0.29, 0.717) is 12.4 Å². The number of esters is 1. The molecule has 0 aromatic heterocycles. The largest absolute Gasteiger partial charge is 0.481 e. The zero-order chi connectivity index (χ0) is 11.3. The van der Waals surface area contributed by atoms with Crippen LogP contribution in [0, 0.1) is 5.41 Å². The van der Waals surface area contributed by atoms with Crippen molar-refractivity contribution in [3.63, 3.8) is 0 Å². The van der Waals surface area contributed by atoms with Gasteiger partial charge >= 0.3 is 11.9 Å². The van der Waals surface area contributed by atoms with Crippen LogP contribution in [-0.4, -0.2) is 35.2 Å². The molecule has 0 spiro atoms. The Morgan fingerprint density at radius 3 is 2.60 bits per heavy atom. The molecule has 15 heavy (non-hydrogen) atoms. The van der Waals surface area contributed by atoms with Crippen molar-refractivity contribution < 1.29 is 19.4 Å². The highest BCUT2D eigenvalue weighted by Crippen LogP contribution is 2.50. The van der Waals surface area contributed by atoms with Gasteiger partial charge in [0, 0.05) is 5.75 Å². The van der Waals surface area contributed by atoms with Gasteiger partial charge in [0.15, 0.2) is 0 Å². The van der Waals surface area contributed by atoms with Crippen LogP contribution in [0.3, 0.4) is 0 Å². The molecule has 4 nitrogen and oxygen atoms in total. The molecule has 1 saturated carbocycles. The summed E-state index contributed by atoms with van der Waals surface area (Å²) in [7, 11) is 0. The Morgan fingerprint density at radius 1 is 1.47 bits per heavy atom. The summed E-state index contributed by atoms with van der Waals surface area (Å²) >= 11 is 1.47. The summed E-state index contributed by atoms with van der Waals surface area (Å²) in [5, 5.41) is 8.68. The topological polar surface area (TPSA) is 63.6 Å². The van der Waals surface area contributed by atoms with Crippen LogP contribution in [0.1, 0.15) is 26.2 Å². The van der Waals surface area contributed by atoms with E-state index < -0.39 is 5.97 Å². The average molecular weight is 232 g/mol. The fraction of sp³-hybridized carbons (Fsp3) is 0.800. The quantitative estimate of drug-likeness (QED) is 0.674. The summed E-state index contributed by atoms with van der Waals surface area (Å²) in [4.78, 5) is 21.6. The molecule has 0 radical (unpaired) electrons. The van der Waals surface area contributed by atoms with E-state index in [-0.39, 0.29) is 17.8 Å². The lowest BCUT2D eigenvalue weighted by Gasteiger charge is -2.10. The van der Waals surface area contributed by atoms with Gasteiger partial charge in [0.1, 0.15) is 0 Å². The number of carboxylic acid groups (broad SMARTS) is 1. The number of aliphatic carboxylic acids is 1. The van der Waals surface area contributed by atoms with E-state index in [2.05, 4.69) is 0 Å². The summed E-state index contributed by atoms with van der Waals surface area (Å²) in [6, 6.07) is 0. The fourth-order valence-electron chi connectivity index (χ4n) is 1.42. The maximum atomic E-state index is 11.0. The van der Waals surface area contributed by atoms with E-state index in [1.54, 1.807) is 6.92 Å². The summed E-state index contributed by atoms with van der Waals surface area (Å²) in [6.45, 7) is 2.18. The summed E-state index contributed by atoms with van der Waals surface area (Å²) in [5.41, 5.74) is -0.0387. The van der Waals surface area contributed by atoms with Gasteiger partial charge in [-0.1, -0.05) is 0 Å². The highest BCUT2D eigenvalue weighted by molar-refractivity contribution is 7.99. The van der Waals surface area contributed by atoms with Crippen molar-refractivity contribution in [2.75, 3.05) is 18.1 Å². The molecule has 0 heterocycles. The van der Waals surface area contributed by atoms with Gasteiger partial charge in [-0.2, -0.15) is 0 Å². The first-order chi connectivity index (χ1) is 7.08. The van der Waals surface area contributed by atoms with Gasteiger partial charge in [0.25, 0.3) is 0 Å². The van der Waals surface area contributed by atoms with Gasteiger partial charge in [-0.3, -0.25) is 9.59 Å². The minimum atomic E-state index is -0.746. The van der Waals surface area contributed by atoms with E-state index in [4.69, 9.17) is 9.84 Å². The first-order valence-corrected chi connectivity index (χ1v) is 6.19. The number of hydrogen-bond donors (Lipinski definition) is 1. The molecule has 0 aliphatic heterocycles. The van der Waals surface area contributed by atoms with E-state index in [1.807, 2.05) is 0 Å². The molecule has 0 amide bonds. The molecule has 0 aromatic carbocycles. The van der Waals surface area contributed by atoms with Crippen molar-refractivity contribution in [2.45, 2.75) is 26.2 Å². The molecule has 0 atom stereocenters. The molecule has 0 bridgehead atoms. The Balaban J connectivity index is 2.14. The summed E-state index contributed by atoms with van der Waals surface area (Å²) in [6.07, 6.45) is 2.16. The van der Waals surface area contributed by atoms with E-state index in [1.165, 1.54) is 11.8 Å². The maximum Gasteiger partial charge on any atom is 0.315 e. The second-order valence-electron chi connectivity index (χ2n) is 3.87. The zero-order valence-corrected chi connectivity index (χ0v) is 9.64.